The Balaban J connectivity index is 1.67. The van der Waals surface area contributed by atoms with Crippen LogP contribution in [0.25, 0.3) is 11.0 Å². The van der Waals surface area contributed by atoms with Gasteiger partial charge >= 0.3 is 0 Å². The molecule has 5 nitrogen and oxygen atoms in total. The zero-order valence-electron chi connectivity index (χ0n) is 12.2. The van der Waals surface area contributed by atoms with Crippen molar-refractivity contribution in [1.29, 1.82) is 0 Å². The number of hydrogen-bond donors (Lipinski definition) is 1. The van der Waals surface area contributed by atoms with Crippen LogP contribution in [-0.4, -0.2) is 25.6 Å². The van der Waals surface area contributed by atoms with E-state index < -0.39 is 0 Å². The lowest BCUT2D eigenvalue weighted by atomic mass is 9.93. The number of aryl methyl sites for hydroxylation is 1. The number of imidazole rings is 1. The SMILES string of the molecule is Cn1cnc2c(Br)cc(O[C@H]3CC[C@@H](NC(=O)I)CC3)cc21. The van der Waals surface area contributed by atoms with Crippen LogP contribution >= 0.6 is 38.5 Å². The van der Waals surface area contributed by atoms with Crippen LogP contribution in [0.5, 0.6) is 5.75 Å². The Kier molecular flexibility index (Phi) is 4.91. The summed E-state index contributed by atoms with van der Waals surface area (Å²) < 4.78 is 9.09. The van der Waals surface area contributed by atoms with Gasteiger partial charge in [0, 0.05) is 46.2 Å². The smallest absolute Gasteiger partial charge is 0.280 e. The van der Waals surface area contributed by atoms with Gasteiger partial charge in [-0.15, -0.1) is 0 Å². The molecule has 0 unspecified atom stereocenters. The molecule has 1 aromatic heterocycles. The molecule has 0 radical (unpaired) electrons. The molecular formula is C15H17BrIN3O2. The Morgan fingerprint density at radius 1 is 1.41 bits per heavy atom. The number of amides is 1. The third-order valence-electron chi connectivity index (χ3n) is 4.05. The Labute approximate surface area is 151 Å². The number of fused-ring (bicyclic) bond motifs is 1. The van der Waals surface area contributed by atoms with E-state index in [4.69, 9.17) is 4.74 Å². The molecule has 0 saturated heterocycles. The number of aromatic nitrogens is 2. The molecule has 1 aliphatic carbocycles. The van der Waals surface area contributed by atoms with E-state index in [-0.39, 0.29) is 16.1 Å². The van der Waals surface area contributed by atoms with Crippen LogP contribution in [-0.2, 0) is 7.05 Å². The largest absolute Gasteiger partial charge is 0.490 e. The lowest BCUT2D eigenvalue weighted by molar-refractivity contribution is 0.142. The van der Waals surface area contributed by atoms with Crippen molar-refractivity contribution in [2.75, 3.05) is 0 Å². The normalized spacial score (nSPS) is 21.8. The topological polar surface area (TPSA) is 56.1 Å². The molecule has 2 aromatic rings. The van der Waals surface area contributed by atoms with Gasteiger partial charge in [0.25, 0.3) is 3.91 Å². The van der Waals surface area contributed by atoms with Gasteiger partial charge in [0.15, 0.2) is 0 Å². The highest BCUT2D eigenvalue weighted by Gasteiger charge is 2.23. The van der Waals surface area contributed by atoms with Gasteiger partial charge in [-0.1, -0.05) is 0 Å². The fourth-order valence-corrected chi connectivity index (χ4v) is 3.88. The van der Waals surface area contributed by atoms with E-state index >= 15 is 0 Å². The molecule has 1 saturated carbocycles. The monoisotopic (exact) mass is 477 g/mol. The molecule has 1 amide bonds. The first-order chi connectivity index (χ1) is 10.5. The Bertz CT molecular complexity index is 695. The molecule has 22 heavy (non-hydrogen) atoms. The maximum absolute atomic E-state index is 11.1. The van der Waals surface area contributed by atoms with Gasteiger partial charge in [0.05, 0.1) is 17.9 Å². The van der Waals surface area contributed by atoms with Crippen LogP contribution < -0.4 is 10.1 Å². The predicted molar refractivity (Wildman–Crippen MR) is 97.6 cm³/mol. The summed E-state index contributed by atoms with van der Waals surface area (Å²) in [5.41, 5.74) is 2.00. The molecule has 0 atom stereocenters. The highest BCUT2D eigenvalue weighted by atomic mass is 127. The second-order valence-corrected chi connectivity index (χ2v) is 7.47. The van der Waals surface area contributed by atoms with Crippen LogP contribution in [0.3, 0.4) is 0 Å². The van der Waals surface area contributed by atoms with Gasteiger partial charge in [-0.3, -0.25) is 4.79 Å². The van der Waals surface area contributed by atoms with Crippen molar-refractivity contribution in [2.45, 2.75) is 37.8 Å². The number of carbonyl (C=O) groups is 1. The standard InChI is InChI=1S/C15H17BrIN3O2/c1-20-8-18-14-12(16)6-11(7-13(14)20)22-10-4-2-9(3-5-10)19-15(17)21/h6-10H,2-5H2,1H3,(H,19,21)/t9-,10+. The molecule has 1 aromatic carbocycles. The average Bonchev–Trinajstić information content (AvgIpc) is 2.83. The summed E-state index contributed by atoms with van der Waals surface area (Å²) in [5.74, 6) is 0.865. The van der Waals surface area contributed by atoms with E-state index in [0.29, 0.717) is 0 Å². The van der Waals surface area contributed by atoms with Crippen molar-refractivity contribution in [3.8, 4) is 5.75 Å². The molecule has 3 rings (SSSR count). The summed E-state index contributed by atoms with van der Waals surface area (Å²) in [6.07, 6.45) is 5.87. The van der Waals surface area contributed by atoms with Gasteiger partial charge in [-0.05, 0) is 47.7 Å². The second-order valence-electron chi connectivity index (χ2n) is 5.64. The number of nitrogens with zero attached hydrogens (tertiary/aromatic N) is 2. The number of benzene rings is 1. The lowest BCUT2D eigenvalue weighted by Gasteiger charge is -2.29. The van der Waals surface area contributed by atoms with Crippen LogP contribution in [0.1, 0.15) is 25.7 Å². The molecule has 1 heterocycles. The minimum atomic E-state index is 0.0209. The van der Waals surface area contributed by atoms with Crippen LogP contribution in [0.2, 0.25) is 0 Å². The minimum absolute atomic E-state index is 0.0209. The van der Waals surface area contributed by atoms with Gasteiger partial charge in [-0.2, -0.15) is 0 Å². The fourth-order valence-electron chi connectivity index (χ4n) is 2.91. The van der Waals surface area contributed by atoms with E-state index in [1.54, 1.807) is 28.9 Å². The Hall–Kier alpha value is -0.830. The third kappa shape index (κ3) is 3.56. The van der Waals surface area contributed by atoms with Gasteiger partial charge in [-0.25, -0.2) is 4.98 Å². The van der Waals surface area contributed by atoms with Gasteiger partial charge in [0.2, 0.25) is 0 Å². The summed E-state index contributed by atoms with van der Waals surface area (Å²) in [7, 11) is 1.98. The van der Waals surface area contributed by atoms with E-state index in [0.717, 1.165) is 46.9 Å². The fraction of sp³-hybridized carbons (Fsp3) is 0.467. The molecule has 1 fully saturated rings. The van der Waals surface area contributed by atoms with Gasteiger partial charge < -0.3 is 14.6 Å². The number of nitrogens with one attached hydrogen (secondary N) is 1. The van der Waals surface area contributed by atoms with Crippen LogP contribution in [0, 0.1) is 0 Å². The molecule has 7 heteroatoms. The average molecular weight is 478 g/mol. The highest BCUT2D eigenvalue weighted by Crippen LogP contribution is 2.31. The first-order valence-corrected chi connectivity index (χ1v) is 9.13. The number of hydrogen-bond acceptors (Lipinski definition) is 3. The van der Waals surface area contributed by atoms with Crippen LogP contribution in [0.4, 0.5) is 4.79 Å². The summed E-state index contributed by atoms with van der Waals surface area (Å²) in [6, 6.07) is 4.30. The summed E-state index contributed by atoms with van der Waals surface area (Å²) in [6.45, 7) is 0. The number of ether oxygens (including phenoxy) is 1. The van der Waals surface area contributed by atoms with E-state index in [1.807, 2.05) is 23.7 Å². The molecule has 0 bridgehead atoms. The lowest BCUT2D eigenvalue weighted by Crippen LogP contribution is -2.37. The molecule has 1 aliphatic rings. The summed E-state index contributed by atoms with van der Waals surface area (Å²) in [4.78, 5) is 15.4. The zero-order valence-corrected chi connectivity index (χ0v) is 15.9. The first-order valence-electron chi connectivity index (χ1n) is 7.26. The predicted octanol–water partition coefficient (Wildman–Crippen LogP) is 4.17. The minimum Gasteiger partial charge on any atom is -0.490 e. The number of halogens is 2. The van der Waals surface area contributed by atoms with E-state index in [2.05, 4.69) is 26.2 Å². The number of carbonyl (C=O) groups excluding carboxylic acids is 1. The maximum Gasteiger partial charge on any atom is 0.280 e. The van der Waals surface area contributed by atoms with E-state index in [1.165, 1.54) is 0 Å². The molecule has 0 spiro atoms. The molecule has 0 aliphatic heterocycles. The van der Waals surface area contributed by atoms with Crippen molar-refractivity contribution in [2.24, 2.45) is 7.05 Å². The molecule has 1 N–H and O–H groups in total. The zero-order chi connectivity index (χ0) is 15.7. The second kappa shape index (κ2) is 6.74. The maximum atomic E-state index is 11.1. The number of rotatable bonds is 3. The summed E-state index contributed by atoms with van der Waals surface area (Å²) in [5, 5.41) is 2.98. The molecular weight excluding hydrogens is 461 g/mol. The quantitative estimate of drug-likeness (QED) is 0.410. The first kappa shape index (κ1) is 16.0. The van der Waals surface area contributed by atoms with Crippen molar-refractivity contribution in [1.82, 2.24) is 14.9 Å². The summed E-state index contributed by atoms with van der Waals surface area (Å²) >= 11 is 5.35. The third-order valence-corrected chi connectivity index (χ3v) is 4.97. The van der Waals surface area contributed by atoms with Crippen molar-refractivity contribution < 1.29 is 9.53 Å². The van der Waals surface area contributed by atoms with E-state index in [9.17, 15) is 4.79 Å². The highest BCUT2D eigenvalue weighted by molar-refractivity contribution is 14.1. The molecule has 118 valence electrons. The van der Waals surface area contributed by atoms with Gasteiger partial charge in [0.1, 0.15) is 11.3 Å². The van der Waals surface area contributed by atoms with Crippen LogP contribution in [0.15, 0.2) is 22.9 Å². The Morgan fingerprint density at radius 3 is 2.82 bits per heavy atom. The van der Waals surface area contributed by atoms with Crippen molar-refractivity contribution in [3.63, 3.8) is 0 Å². The van der Waals surface area contributed by atoms with Crippen molar-refractivity contribution >= 4 is 53.5 Å². The Morgan fingerprint density at radius 2 is 2.14 bits per heavy atom. The van der Waals surface area contributed by atoms with Crippen molar-refractivity contribution in [3.05, 3.63) is 22.9 Å².